The molecule has 7 nitrogen and oxygen atoms in total. The van der Waals surface area contributed by atoms with E-state index in [4.69, 9.17) is 9.47 Å². The van der Waals surface area contributed by atoms with Crippen LogP contribution in [0.1, 0.15) is 37.7 Å². The minimum atomic E-state index is -0.392. The average molecular weight is 364 g/mol. The number of carbonyl (C=O) groups excluding carboxylic acids is 2. The molecule has 2 rings (SSSR count). The van der Waals surface area contributed by atoms with E-state index in [1.54, 1.807) is 14.2 Å². The van der Waals surface area contributed by atoms with Crippen LogP contribution in [0.25, 0.3) is 0 Å². The van der Waals surface area contributed by atoms with Gasteiger partial charge in [0.15, 0.2) is 6.54 Å². The van der Waals surface area contributed by atoms with Gasteiger partial charge in [-0.25, -0.2) is 4.79 Å². The fraction of sp³-hybridized carbons (Fsp3) is 0.579. The molecule has 1 aliphatic rings. The first-order valence-electron chi connectivity index (χ1n) is 9.14. The maximum Gasteiger partial charge on any atom is 0.321 e. The zero-order valence-corrected chi connectivity index (χ0v) is 15.9. The molecule has 26 heavy (non-hydrogen) atoms. The molecule has 1 unspecified atom stereocenters. The highest BCUT2D eigenvalue weighted by atomic mass is 16.5. The summed E-state index contributed by atoms with van der Waals surface area (Å²) >= 11 is 0. The van der Waals surface area contributed by atoms with Crippen LogP contribution >= 0.6 is 0 Å². The number of likely N-dealkylation sites (N-methyl/N-ethyl adjacent to an activating group) is 1. The number of carbonyl (C=O) groups is 2. The van der Waals surface area contributed by atoms with Crippen molar-refractivity contribution in [3.8, 4) is 11.5 Å². The Morgan fingerprint density at radius 1 is 1.15 bits per heavy atom. The minimum Gasteiger partial charge on any atom is -0.497 e. The predicted octanol–water partition coefficient (Wildman–Crippen LogP) is 0.877. The molecule has 1 atom stereocenters. The molecular formula is C19H30N3O4+. The fourth-order valence-corrected chi connectivity index (χ4v) is 3.30. The molecular weight excluding hydrogens is 334 g/mol. The normalized spacial score (nSPS) is 15.8. The molecule has 1 aromatic rings. The zero-order valence-electron chi connectivity index (χ0n) is 15.9. The van der Waals surface area contributed by atoms with Gasteiger partial charge in [-0.05, 0) is 25.0 Å². The number of amides is 3. The number of methoxy groups -OCH3 is 2. The van der Waals surface area contributed by atoms with Gasteiger partial charge in [-0.2, -0.15) is 0 Å². The van der Waals surface area contributed by atoms with Gasteiger partial charge in [-0.15, -0.1) is 0 Å². The van der Waals surface area contributed by atoms with Crippen LogP contribution in [-0.2, 0) is 11.3 Å². The molecule has 0 aromatic heterocycles. The summed E-state index contributed by atoms with van der Waals surface area (Å²) in [4.78, 5) is 25.0. The highest BCUT2D eigenvalue weighted by Crippen LogP contribution is 2.23. The van der Waals surface area contributed by atoms with E-state index in [0.717, 1.165) is 47.6 Å². The lowest BCUT2D eigenvalue weighted by molar-refractivity contribution is -0.885. The Hall–Kier alpha value is -2.28. The van der Waals surface area contributed by atoms with Crippen LogP contribution in [0.3, 0.4) is 0 Å². The molecule has 1 aliphatic carbocycles. The third-order valence-corrected chi connectivity index (χ3v) is 4.64. The summed E-state index contributed by atoms with van der Waals surface area (Å²) in [5, 5.41) is 5.32. The Labute approximate surface area is 155 Å². The predicted molar refractivity (Wildman–Crippen MR) is 98.6 cm³/mol. The lowest BCUT2D eigenvalue weighted by Gasteiger charge is -2.22. The maximum atomic E-state index is 12.1. The Morgan fingerprint density at radius 3 is 2.54 bits per heavy atom. The van der Waals surface area contributed by atoms with E-state index in [1.807, 2.05) is 25.2 Å². The van der Waals surface area contributed by atoms with Gasteiger partial charge >= 0.3 is 6.03 Å². The van der Waals surface area contributed by atoms with Crippen LogP contribution in [0.2, 0.25) is 0 Å². The van der Waals surface area contributed by atoms with E-state index >= 15 is 0 Å². The number of benzene rings is 1. The molecule has 0 bridgehead atoms. The van der Waals surface area contributed by atoms with E-state index in [0.29, 0.717) is 6.54 Å². The number of imide groups is 1. The van der Waals surface area contributed by atoms with Gasteiger partial charge in [0.1, 0.15) is 18.0 Å². The highest BCUT2D eigenvalue weighted by Gasteiger charge is 2.19. The molecule has 0 heterocycles. The quantitative estimate of drug-likeness (QED) is 0.671. The van der Waals surface area contributed by atoms with E-state index < -0.39 is 6.03 Å². The molecule has 144 valence electrons. The summed E-state index contributed by atoms with van der Waals surface area (Å²) < 4.78 is 10.6. The Morgan fingerprint density at radius 2 is 1.88 bits per heavy atom. The largest absolute Gasteiger partial charge is 0.497 e. The number of rotatable bonds is 7. The summed E-state index contributed by atoms with van der Waals surface area (Å²) in [5.41, 5.74) is 0.977. The SMILES string of the molecule is COc1ccc(C[NH+](C)CC(=O)NC(=O)NC2CCCCC2)c(OC)c1. The monoisotopic (exact) mass is 364 g/mol. The average Bonchev–Trinajstić information content (AvgIpc) is 2.62. The van der Waals surface area contributed by atoms with Gasteiger partial charge in [-0.3, -0.25) is 10.1 Å². The van der Waals surface area contributed by atoms with Crippen molar-refractivity contribution in [1.82, 2.24) is 10.6 Å². The van der Waals surface area contributed by atoms with E-state index in [2.05, 4.69) is 10.6 Å². The van der Waals surface area contributed by atoms with Crippen LogP contribution in [0.4, 0.5) is 4.79 Å². The molecule has 0 spiro atoms. The van der Waals surface area contributed by atoms with Crippen LogP contribution in [0, 0.1) is 0 Å². The first kappa shape index (κ1) is 20.0. The van der Waals surface area contributed by atoms with Crippen molar-refractivity contribution in [3.63, 3.8) is 0 Å². The topological polar surface area (TPSA) is 81.1 Å². The van der Waals surface area contributed by atoms with Gasteiger partial charge < -0.3 is 19.7 Å². The van der Waals surface area contributed by atoms with Crippen LogP contribution in [-0.4, -0.2) is 45.8 Å². The lowest BCUT2D eigenvalue weighted by atomic mass is 9.96. The second-order valence-corrected chi connectivity index (χ2v) is 6.85. The summed E-state index contributed by atoms with van der Waals surface area (Å²) in [6, 6.07) is 5.40. The van der Waals surface area contributed by atoms with Crippen molar-refractivity contribution in [2.75, 3.05) is 27.8 Å². The van der Waals surface area contributed by atoms with E-state index in [-0.39, 0.29) is 18.5 Å². The van der Waals surface area contributed by atoms with Crippen LogP contribution < -0.4 is 25.0 Å². The zero-order chi connectivity index (χ0) is 18.9. The standard InChI is InChI=1S/C19H29N3O4/c1-22(12-14-9-10-16(25-2)11-17(14)26-3)13-18(23)21-19(24)20-15-7-5-4-6-8-15/h9-11,15H,4-8,12-13H2,1-3H3,(H2,20,21,23,24)/p+1. The molecule has 0 radical (unpaired) electrons. The number of hydrogen-bond acceptors (Lipinski definition) is 4. The summed E-state index contributed by atoms with van der Waals surface area (Å²) in [7, 11) is 5.12. The minimum absolute atomic E-state index is 0.185. The Kier molecular flexibility index (Phi) is 7.72. The van der Waals surface area contributed by atoms with Crippen LogP contribution in [0.15, 0.2) is 18.2 Å². The first-order chi connectivity index (χ1) is 12.5. The molecule has 3 N–H and O–H groups in total. The maximum absolute atomic E-state index is 12.1. The molecule has 3 amide bonds. The van der Waals surface area contributed by atoms with Crippen molar-refractivity contribution in [3.05, 3.63) is 23.8 Å². The second kappa shape index (κ2) is 10.0. The smallest absolute Gasteiger partial charge is 0.321 e. The summed E-state index contributed by atoms with van der Waals surface area (Å²) in [6.07, 6.45) is 5.47. The third-order valence-electron chi connectivity index (χ3n) is 4.64. The molecule has 1 fully saturated rings. The number of hydrogen-bond donors (Lipinski definition) is 3. The van der Waals surface area contributed by atoms with Crippen molar-refractivity contribution >= 4 is 11.9 Å². The Bertz CT molecular complexity index is 615. The molecule has 0 saturated heterocycles. The van der Waals surface area contributed by atoms with Gasteiger partial charge in [0.2, 0.25) is 0 Å². The van der Waals surface area contributed by atoms with E-state index in [1.165, 1.54) is 6.42 Å². The molecule has 7 heteroatoms. The number of quaternary nitrogens is 1. The van der Waals surface area contributed by atoms with Crippen molar-refractivity contribution in [2.45, 2.75) is 44.7 Å². The first-order valence-corrected chi connectivity index (χ1v) is 9.14. The highest BCUT2D eigenvalue weighted by molar-refractivity contribution is 5.94. The number of nitrogens with one attached hydrogen (secondary N) is 3. The summed E-state index contributed by atoms with van der Waals surface area (Å²) in [5.74, 6) is 1.16. The number of ether oxygens (including phenoxy) is 2. The van der Waals surface area contributed by atoms with Gasteiger partial charge in [0.25, 0.3) is 5.91 Å². The Balaban J connectivity index is 1.80. The molecule has 1 aromatic carbocycles. The molecule has 1 saturated carbocycles. The van der Waals surface area contributed by atoms with Crippen molar-refractivity contribution in [1.29, 1.82) is 0 Å². The van der Waals surface area contributed by atoms with Crippen molar-refractivity contribution in [2.24, 2.45) is 0 Å². The van der Waals surface area contributed by atoms with Gasteiger partial charge in [-0.1, -0.05) is 19.3 Å². The summed E-state index contributed by atoms with van der Waals surface area (Å²) in [6.45, 7) is 0.804. The van der Waals surface area contributed by atoms with Crippen molar-refractivity contribution < 1.29 is 24.0 Å². The van der Waals surface area contributed by atoms with Gasteiger partial charge in [0.05, 0.1) is 21.3 Å². The molecule has 0 aliphatic heterocycles. The van der Waals surface area contributed by atoms with Crippen LogP contribution in [0.5, 0.6) is 11.5 Å². The third kappa shape index (κ3) is 6.22. The van der Waals surface area contributed by atoms with Gasteiger partial charge in [0, 0.05) is 17.7 Å². The second-order valence-electron chi connectivity index (χ2n) is 6.85. The lowest BCUT2D eigenvalue weighted by Crippen LogP contribution is -3.09. The van der Waals surface area contributed by atoms with E-state index in [9.17, 15) is 9.59 Å². The number of urea groups is 1. The fourth-order valence-electron chi connectivity index (χ4n) is 3.30.